The number of carbonyl (C=O) groups excluding carboxylic acids is 1. The first-order valence-electron chi connectivity index (χ1n) is 9.66. The monoisotopic (exact) mass is 445 g/mol. The highest BCUT2D eigenvalue weighted by atomic mass is 32.2. The predicted octanol–water partition coefficient (Wildman–Crippen LogP) is 3.39. The molecule has 1 fully saturated rings. The lowest BCUT2D eigenvalue weighted by molar-refractivity contribution is -0.148. The molecule has 1 N–H and O–H groups in total. The molecule has 1 saturated heterocycles. The molecule has 0 spiro atoms. The fourth-order valence-electron chi connectivity index (χ4n) is 3.66. The van der Waals surface area contributed by atoms with Crippen molar-refractivity contribution in [3.63, 3.8) is 0 Å². The van der Waals surface area contributed by atoms with Crippen molar-refractivity contribution in [2.24, 2.45) is 0 Å². The van der Waals surface area contributed by atoms with Gasteiger partial charge in [-0.25, -0.2) is 8.42 Å². The van der Waals surface area contributed by atoms with Crippen LogP contribution in [0.4, 0.5) is 0 Å². The summed E-state index contributed by atoms with van der Waals surface area (Å²) in [6.45, 7) is 3.67. The summed E-state index contributed by atoms with van der Waals surface area (Å²) >= 11 is 1.57. The lowest BCUT2D eigenvalue weighted by Gasteiger charge is -2.23. The minimum atomic E-state index is -3.94. The average Bonchev–Trinajstić information content (AvgIpc) is 3.32. The summed E-state index contributed by atoms with van der Waals surface area (Å²) in [4.78, 5) is 12.9. The number of carbonyl (C=O) groups is 1. The second kappa shape index (κ2) is 8.11. The third-order valence-corrected chi connectivity index (χ3v) is 8.40. The molecular formula is C22H23NO5S2. The zero-order valence-corrected chi connectivity index (χ0v) is 18.4. The quantitative estimate of drug-likeness (QED) is 0.609. The number of aliphatic hydroxyl groups excluding tert-OH is 1. The van der Waals surface area contributed by atoms with Crippen LogP contribution >= 0.6 is 11.3 Å². The van der Waals surface area contributed by atoms with Gasteiger partial charge in [0.15, 0.2) is 0 Å². The number of esters is 1. The summed E-state index contributed by atoms with van der Waals surface area (Å²) in [6.07, 6.45) is -0.890. The van der Waals surface area contributed by atoms with E-state index in [1.165, 1.54) is 6.07 Å². The van der Waals surface area contributed by atoms with Crippen molar-refractivity contribution in [2.45, 2.75) is 43.9 Å². The van der Waals surface area contributed by atoms with Crippen molar-refractivity contribution < 1.29 is 23.1 Å². The van der Waals surface area contributed by atoms with E-state index in [1.807, 2.05) is 43.5 Å². The molecule has 0 saturated carbocycles. The summed E-state index contributed by atoms with van der Waals surface area (Å²) in [5.41, 5.74) is 2.71. The summed E-state index contributed by atoms with van der Waals surface area (Å²) in [5.74, 6) is -0.644. The highest BCUT2D eigenvalue weighted by Gasteiger charge is 2.44. The van der Waals surface area contributed by atoms with Gasteiger partial charge >= 0.3 is 5.97 Å². The predicted molar refractivity (Wildman–Crippen MR) is 116 cm³/mol. The maximum atomic E-state index is 13.2. The van der Waals surface area contributed by atoms with Crippen LogP contribution in [0.5, 0.6) is 0 Å². The molecule has 1 aromatic heterocycles. The number of ether oxygens (including phenoxy) is 1. The van der Waals surface area contributed by atoms with Crippen LogP contribution < -0.4 is 0 Å². The van der Waals surface area contributed by atoms with Gasteiger partial charge in [-0.2, -0.15) is 4.31 Å². The number of thiophene rings is 1. The molecule has 158 valence electrons. The van der Waals surface area contributed by atoms with E-state index in [0.717, 1.165) is 31.1 Å². The minimum Gasteiger partial charge on any atom is -0.460 e. The highest BCUT2D eigenvalue weighted by molar-refractivity contribution is 7.89. The van der Waals surface area contributed by atoms with Gasteiger partial charge in [0.05, 0.1) is 11.0 Å². The van der Waals surface area contributed by atoms with Crippen LogP contribution in [-0.2, 0) is 26.2 Å². The molecule has 1 aliphatic rings. The first-order chi connectivity index (χ1) is 14.3. The molecule has 6 nitrogen and oxygen atoms in total. The third kappa shape index (κ3) is 3.88. The maximum Gasteiger partial charge on any atom is 0.324 e. The van der Waals surface area contributed by atoms with Crippen LogP contribution in [0.15, 0.2) is 52.7 Å². The smallest absolute Gasteiger partial charge is 0.324 e. The summed E-state index contributed by atoms with van der Waals surface area (Å²) in [6, 6.07) is 11.6. The van der Waals surface area contributed by atoms with E-state index in [-0.39, 0.29) is 24.5 Å². The molecule has 4 rings (SSSR count). The summed E-state index contributed by atoms with van der Waals surface area (Å²) in [5, 5.41) is 13.1. The van der Waals surface area contributed by atoms with Gasteiger partial charge in [-0.15, -0.1) is 11.3 Å². The number of benzene rings is 2. The number of hydrogen-bond acceptors (Lipinski definition) is 6. The van der Waals surface area contributed by atoms with E-state index < -0.39 is 28.1 Å². The van der Waals surface area contributed by atoms with Gasteiger partial charge in [0, 0.05) is 23.2 Å². The van der Waals surface area contributed by atoms with E-state index in [2.05, 4.69) is 0 Å². The Kier molecular flexibility index (Phi) is 5.67. The van der Waals surface area contributed by atoms with Gasteiger partial charge in [-0.1, -0.05) is 24.3 Å². The molecule has 8 heteroatoms. The minimum absolute atomic E-state index is 0.0211. The van der Waals surface area contributed by atoms with Crippen LogP contribution in [-0.4, -0.2) is 42.5 Å². The number of fused-ring (bicyclic) bond motifs is 1. The van der Waals surface area contributed by atoms with E-state index >= 15 is 0 Å². The van der Waals surface area contributed by atoms with Crippen LogP contribution in [0.2, 0.25) is 0 Å². The molecule has 0 amide bonds. The zero-order chi connectivity index (χ0) is 21.5. The van der Waals surface area contributed by atoms with Crippen molar-refractivity contribution in [3.8, 4) is 0 Å². The van der Waals surface area contributed by atoms with Crippen LogP contribution in [0, 0.1) is 13.8 Å². The van der Waals surface area contributed by atoms with E-state index in [9.17, 15) is 18.3 Å². The Labute approximate surface area is 179 Å². The fourth-order valence-corrected chi connectivity index (χ4v) is 6.32. The Morgan fingerprint density at radius 2 is 1.97 bits per heavy atom. The van der Waals surface area contributed by atoms with Gasteiger partial charge < -0.3 is 9.84 Å². The van der Waals surface area contributed by atoms with Crippen molar-refractivity contribution in [1.82, 2.24) is 4.31 Å². The van der Waals surface area contributed by atoms with E-state index in [0.29, 0.717) is 0 Å². The standard InChI is InChI=1S/C22H23NO5S2/c1-14-7-8-18(9-15(14)2)30(26,27)23-11-17(24)10-20(23)22(25)28-12-16-13-29-21-6-4-3-5-19(16)21/h3-9,13,17,20,24H,10-12H2,1-2H3/t17?,20-/m0/s1. The molecule has 1 aliphatic heterocycles. The molecule has 2 atom stereocenters. The molecular weight excluding hydrogens is 422 g/mol. The molecule has 30 heavy (non-hydrogen) atoms. The topological polar surface area (TPSA) is 83.9 Å². The van der Waals surface area contributed by atoms with E-state index in [4.69, 9.17) is 4.74 Å². The number of hydrogen-bond donors (Lipinski definition) is 1. The third-order valence-electron chi connectivity index (χ3n) is 5.52. The lowest BCUT2D eigenvalue weighted by atomic mass is 10.1. The number of sulfonamides is 1. The number of aryl methyl sites for hydroxylation is 2. The normalized spacial score (nSPS) is 20.0. The lowest BCUT2D eigenvalue weighted by Crippen LogP contribution is -2.41. The van der Waals surface area contributed by atoms with Crippen molar-refractivity contribution >= 4 is 37.4 Å². The van der Waals surface area contributed by atoms with Crippen molar-refractivity contribution in [1.29, 1.82) is 0 Å². The number of aliphatic hydroxyl groups is 1. The average molecular weight is 446 g/mol. The van der Waals surface area contributed by atoms with Gasteiger partial charge in [0.25, 0.3) is 0 Å². The molecule has 2 heterocycles. The Balaban J connectivity index is 1.54. The van der Waals surface area contributed by atoms with Crippen molar-refractivity contribution in [2.75, 3.05) is 6.54 Å². The Morgan fingerprint density at radius 1 is 1.20 bits per heavy atom. The molecule has 0 radical (unpaired) electrons. The van der Waals surface area contributed by atoms with Gasteiger partial charge in [-0.05, 0) is 53.9 Å². The number of nitrogens with zero attached hydrogens (tertiary/aromatic N) is 1. The molecule has 2 aromatic carbocycles. The highest BCUT2D eigenvalue weighted by Crippen LogP contribution is 2.30. The number of rotatable bonds is 5. The SMILES string of the molecule is Cc1ccc(S(=O)(=O)N2CC(O)C[C@H]2C(=O)OCc2csc3ccccc23)cc1C. The largest absolute Gasteiger partial charge is 0.460 e. The second-order valence-corrected chi connectivity index (χ2v) is 10.4. The fraction of sp³-hybridized carbons (Fsp3) is 0.318. The van der Waals surface area contributed by atoms with Gasteiger partial charge in [0.1, 0.15) is 12.6 Å². The van der Waals surface area contributed by atoms with E-state index in [1.54, 1.807) is 23.5 Å². The number of β-amino-alcohol motifs (C(OH)–C–C–N with tert-alkyl or cyclic N) is 1. The summed E-state index contributed by atoms with van der Waals surface area (Å²) < 4.78 is 34.0. The van der Waals surface area contributed by atoms with Gasteiger partial charge in [-0.3, -0.25) is 4.79 Å². The Morgan fingerprint density at radius 3 is 2.73 bits per heavy atom. The second-order valence-electron chi connectivity index (χ2n) is 7.59. The molecule has 3 aromatic rings. The van der Waals surface area contributed by atoms with Crippen molar-refractivity contribution in [3.05, 3.63) is 64.5 Å². The Bertz CT molecular complexity index is 1200. The molecule has 0 aliphatic carbocycles. The van der Waals surface area contributed by atoms with Gasteiger partial charge in [0.2, 0.25) is 10.0 Å². The molecule has 0 bridgehead atoms. The van der Waals surface area contributed by atoms with Crippen LogP contribution in [0.3, 0.4) is 0 Å². The summed E-state index contributed by atoms with van der Waals surface area (Å²) in [7, 11) is -3.94. The molecule has 1 unspecified atom stereocenters. The van der Waals surface area contributed by atoms with Crippen LogP contribution in [0.25, 0.3) is 10.1 Å². The Hall–Kier alpha value is -2.26. The first kappa shape index (κ1) is 21.0. The maximum absolute atomic E-state index is 13.2. The first-order valence-corrected chi connectivity index (χ1v) is 12.0. The van der Waals surface area contributed by atoms with Crippen LogP contribution in [0.1, 0.15) is 23.1 Å². The zero-order valence-electron chi connectivity index (χ0n) is 16.7.